The zero-order valence-electron chi connectivity index (χ0n) is 10.7. The Morgan fingerprint density at radius 2 is 2.21 bits per heavy atom. The van der Waals surface area contributed by atoms with Gasteiger partial charge in [0, 0.05) is 25.2 Å². The molecule has 0 aromatic heterocycles. The smallest absolute Gasteiger partial charge is 0.240 e. The summed E-state index contributed by atoms with van der Waals surface area (Å²) < 4.78 is 25.7. The van der Waals surface area contributed by atoms with Crippen LogP contribution in [0.5, 0.6) is 0 Å². The van der Waals surface area contributed by atoms with Crippen LogP contribution in [-0.2, 0) is 21.2 Å². The number of sulfonamides is 1. The number of nitrogens with zero attached hydrogens (tertiary/aromatic N) is 1. The number of anilines is 1. The van der Waals surface area contributed by atoms with E-state index in [1.54, 1.807) is 17.0 Å². The fourth-order valence-electron chi connectivity index (χ4n) is 2.18. The van der Waals surface area contributed by atoms with E-state index in [9.17, 15) is 13.2 Å². The molecular formula is C12H17N3O3S. The summed E-state index contributed by atoms with van der Waals surface area (Å²) in [4.78, 5) is 13.8. The fraction of sp³-hybridized carbons (Fsp3) is 0.417. The summed E-state index contributed by atoms with van der Waals surface area (Å²) in [6, 6.07) is 4.82. The summed E-state index contributed by atoms with van der Waals surface area (Å²) in [6.45, 7) is 0.897. The van der Waals surface area contributed by atoms with Gasteiger partial charge in [0.15, 0.2) is 0 Å². The first kappa shape index (κ1) is 14.0. The molecule has 1 aliphatic heterocycles. The Morgan fingerprint density at radius 3 is 2.84 bits per heavy atom. The minimum atomic E-state index is -3.44. The maximum Gasteiger partial charge on any atom is 0.240 e. The van der Waals surface area contributed by atoms with Gasteiger partial charge >= 0.3 is 0 Å². The van der Waals surface area contributed by atoms with Crippen LogP contribution in [0.3, 0.4) is 0 Å². The van der Waals surface area contributed by atoms with Crippen molar-refractivity contribution in [1.82, 2.24) is 4.72 Å². The van der Waals surface area contributed by atoms with Crippen molar-refractivity contribution >= 4 is 21.6 Å². The van der Waals surface area contributed by atoms with Crippen molar-refractivity contribution in [2.45, 2.75) is 17.7 Å². The van der Waals surface area contributed by atoms with Crippen LogP contribution in [0.4, 0.5) is 5.69 Å². The van der Waals surface area contributed by atoms with Crippen molar-refractivity contribution in [3.63, 3.8) is 0 Å². The van der Waals surface area contributed by atoms with Crippen LogP contribution >= 0.6 is 0 Å². The van der Waals surface area contributed by atoms with Crippen LogP contribution in [0.25, 0.3) is 0 Å². The average molecular weight is 283 g/mol. The lowest BCUT2D eigenvalue weighted by molar-refractivity contribution is -0.118. The number of carbonyl (C=O) groups is 1. The summed E-state index contributed by atoms with van der Waals surface area (Å²) in [5, 5.41) is 0. The third-order valence-electron chi connectivity index (χ3n) is 3.18. The molecule has 1 aromatic rings. The van der Waals surface area contributed by atoms with Gasteiger partial charge in [-0.25, -0.2) is 13.1 Å². The van der Waals surface area contributed by atoms with Crippen LogP contribution in [0.15, 0.2) is 23.1 Å². The predicted octanol–water partition coefficient (Wildman–Crippen LogP) is -0.167. The monoisotopic (exact) mass is 283 g/mol. The highest BCUT2D eigenvalue weighted by Crippen LogP contribution is 2.30. The Kier molecular flexibility index (Phi) is 3.88. The molecule has 104 valence electrons. The molecule has 0 aliphatic carbocycles. The molecule has 2 rings (SSSR count). The lowest BCUT2D eigenvalue weighted by atomic mass is 10.2. The van der Waals surface area contributed by atoms with Crippen molar-refractivity contribution in [2.75, 3.05) is 25.0 Å². The molecule has 0 radical (unpaired) electrons. The van der Waals surface area contributed by atoms with Crippen molar-refractivity contribution < 1.29 is 13.2 Å². The minimum Gasteiger partial charge on any atom is -0.330 e. The summed E-state index contributed by atoms with van der Waals surface area (Å²) in [5.74, 6) is -0.0227. The number of hydrogen-bond acceptors (Lipinski definition) is 4. The molecular weight excluding hydrogens is 266 g/mol. The minimum absolute atomic E-state index is 0.0227. The molecule has 0 saturated carbocycles. The number of fused-ring (bicyclic) bond motifs is 1. The van der Waals surface area contributed by atoms with Gasteiger partial charge in [-0.2, -0.15) is 0 Å². The Bertz CT molecular complexity index is 598. The highest BCUT2D eigenvalue weighted by Gasteiger charge is 2.25. The molecule has 1 aliphatic rings. The maximum atomic E-state index is 11.9. The van der Waals surface area contributed by atoms with Gasteiger partial charge < -0.3 is 10.6 Å². The third kappa shape index (κ3) is 2.63. The normalized spacial score (nSPS) is 14.5. The van der Waals surface area contributed by atoms with Crippen LogP contribution < -0.4 is 15.4 Å². The molecule has 0 fully saturated rings. The standard InChI is InChI=1S/C12H17N3O3S/c1-14-19(17,18)10-2-3-11-9(8-10)5-7-15(11)12(16)4-6-13/h2-3,8,14H,4-7,13H2,1H3. The summed E-state index contributed by atoms with van der Waals surface area (Å²) >= 11 is 0. The molecule has 0 atom stereocenters. The first-order valence-corrected chi connectivity index (χ1v) is 7.55. The van der Waals surface area contributed by atoms with E-state index in [4.69, 9.17) is 5.73 Å². The Balaban J connectivity index is 2.33. The van der Waals surface area contributed by atoms with Crippen molar-refractivity contribution in [2.24, 2.45) is 5.73 Å². The van der Waals surface area contributed by atoms with Gasteiger partial charge in [-0.05, 0) is 37.2 Å². The topological polar surface area (TPSA) is 92.5 Å². The molecule has 3 N–H and O–H groups in total. The van der Waals surface area contributed by atoms with E-state index in [0.717, 1.165) is 11.3 Å². The number of hydrogen-bond donors (Lipinski definition) is 2. The Labute approximate surface area is 112 Å². The summed E-state index contributed by atoms with van der Waals surface area (Å²) in [5.41, 5.74) is 7.04. The molecule has 0 saturated heterocycles. The fourth-order valence-corrected chi connectivity index (χ4v) is 2.96. The predicted molar refractivity (Wildman–Crippen MR) is 72.4 cm³/mol. The second-order valence-corrected chi connectivity index (χ2v) is 6.22. The largest absolute Gasteiger partial charge is 0.330 e. The third-order valence-corrected chi connectivity index (χ3v) is 4.60. The molecule has 19 heavy (non-hydrogen) atoms. The highest BCUT2D eigenvalue weighted by atomic mass is 32.2. The van der Waals surface area contributed by atoms with Crippen molar-refractivity contribution in [1.29, 1.82) is 0 Å². The SMILES string of the molecule is CNS(=O)(=O)c1ccc2c(c1)CCN2C(=O)CCN. The number of rotatable bonds is 4. The highest BCUT2D eigenvalue weighted by molar-refractivity contribution is 7.89. The van der Waals surface area contributed by atoms with Crippen molar-refractivity contribution in [3.8, 4) is 0 Å². The van der Waals surface area contributed by atoms with E-state index in [-0.39, 0.29) is 10.8 Å². The lowest BCUT2D eigenvalue weighted by Gasteiger charge is -2.17. The quantitative estimate of drug-likeness (QED) is 0.802. The molecule has 0 bridgehead atoms. The number of amides is 1. The zero-order chi connectivity index (χ0) is 14.0. The van der Waals surface area contributed by atoms with E-state index in [0.29, 0.717) is 25.9 Å². The number of nitrogens with two attached hydrogens (primary N) is 1. The van der Waals surface area contributed by atoms with Gasteiger partial charge in [0.2, 0.25) is 15.9 Å². The van der Waals surface area contributed by atoms with E-state index in [1.807, 2.05) is 0 Å². The van der Waals surface area contributed by atoms with Crippen LogP contribution in [-0.4, -0.2) is 34.5 Å². The molecule has 0 unspecified atom stereocenters. The van der Waals surface area contributed by atoms with Crippen molar-refractivity contribution in [3.05, 3.63) is 23.8 Å². The van der Waals surface area contributed by atoms with Crippen LogP contribution in [0.1, 0.15) is 12.0 Å². The number of nitrogens with one attached hydrogen (secondary N) is 1. The zero-order valence-corrected chi connectivity index (χ0v) is 11.5. The van der Waals surface area contributed by atoms with Gasteiger partial charge in [-0.3, -0.25) is 4.79 Å². The second-order valence-electron chi connectivity index (χ2n) is 4.33. The molecule has 0 spiro atoms. The van der Waals surface area contributed by atoms with E-state index >= 15 is 0 Å². The molecule has 7 heteroatoms. The maximum absolute atomic E-state index is 11.9. The first-order chi connectivity index (χ1) is 8.99. The molecule has 1 heterocycles. The van der Waals surface area contributed by atoms with Gasteiger partial charge in [0.05, 0.1) is 4.90 Å². The van der Waals surface area contributed by atoms with E-state index < -0.39 is 10.0 Å². The van der Waals surface area contributed by atoms with Crippen LogP contribution in [0, 0.1) is 0 Å². The van der Waals surface area contributed by atoms with E-state index in [1.165, 1.54) is 13.1 Å². The first-order valence-electron chi connectivity index (χ1n) is 6.06. The van der Waals surface area contributed by atoms with Crippen LogP contribution in [0.2, 0.25) is 0 Å². The Hall–Kier alpha value is -1.44. The molecule has 1 aromatic carbocycles. The van der Waals surface area contributed by atoms with Gasteiger partial charge in [-0.15, -0.1) is 0 Å². The van der Waals surface area contributed by atoms with E-state index in [2.05, 4.69) is 4.72 Å². The summed E-state index contributed by atoms with van der Waals surface area (Å²) in [6.07, 6.45) is 0.967. The van der Waals surface area contributed by atoms with Gasteiger partial charge in [0.25, 0.3) is 0 Å². The second kappa shape index (κ2) is 5.28. The number of benzene rings is 1. The lowest BCUT2D eigenvalue weighted by Crippen LogP contribution is -2.30. The number of carbonyl (C=O) groups excluding carboxylic acids is 1. The molecule has 6 nitrogen and oxygen atoms in total. The summed E-state index contributed by atoms with van der Waals surface area (Å²) in [7, 11) is -2.07. The van der Waals surface area contributed by atoms with Gasteiger partial charge in [-0.1, -0.05) is 0 Å². The molecule has 1 amide bonds. The van der Waals surface area contributed by atoms with Gasteiger partial charge in [0.1, 0.15) is 0 Å². The average Bonchev–Trinajstić information content (AvgIpc) is 2.81. The Morgan fingerprint density at radius 1 is 1.47 bits per heavy atom.